The van der Waals surface area contributed by atoms with Crippen LogP contribution in [0.25, 0.3) is 22.8 Å². The molecule has 3 aromatic rings. The van der Waals surface area contributed by atoms with Gasteiger partial charge >= 0.3 is 0 Å². The van der Waals surface area contributed by atoms with Crippen LogP contribution in [0, 0.1) is 12.8 Å². The number of hydrogen-bond donors (Lipinski definition) is 2. The number of aromatic nitrogens is 6. The number of H-pyrrole nitrogens is 1. The van der Waals surface area contributed by atoms with Crippen LogP contribution in [-0.2, 0) is 9.53 Å². The molecule has 1 aliphatic carbocycles. The van der Waals surface area contributed by atoms with Crippen LogP contribution in [-0.4, -0.2) is 62.3 Å². The third-order valence-electron chi connectivity index (χ3n) is 6.32. The van der Waals surface area contributed by atoms with Crippen molar-refractivity contribution in [1.82, 2.24) is 30.1 Å². The maximum atomic E-state index is 12.8. The zero-order valence-electron chi connectivity index (χ0n) is 18.2. The van der Waals surface area contributed by atoms with Gasteiger partial charge in [0, 0.05) is 25.4 Å². The fourth-order valence-corrected chi connectivity index (χ4v) is 4.47. The maximum absolute atomic E-state index is 12.8. The summed E-state index contributed by atoms with van der Waals surface area (Å²) in [6, 6.07) is 1.93. The minimum absolute atomic E-state index is 0.0209. The van der Waals surface area contributed by atoms with Crippen molar-refractivity contribution in [3.05, 3.63) is 30.4 Å². The second kappa shape index (κ2) is 8.62. The van der Waals surface area contributed by atoms with E-state index < -0.39 is 0 Å². The predicted molar refractivity (Wildman–Crippen MR) is 119 cm³/mol. The molecule has 1 aliphatic heterocycles. The molecule has 0 spiro atoms. The number of aryl methyl sites for hydroxylation is 1. The Morgan fingerprint density at radius 2 is 1.97 bits per heavy atom. The maximum Gasteiger partial charge on any atom is 0.247 e. The molecule has 166 valence electrons. The molecular weight excluding hydrogens is 408 g/mol. The highest BCUT2D eigenvalue weighted by molar-refractivity contribution is 6.01. The van der Waals surface area contributed by atoms with E-state index in [4.69, 9.17) is 9.72 Å². The summed E-state index contributed by atoms with van der Waals surface area (Å²) in [7, 11) is 1.77. The van der Waals surface area contributed by atoms with Crippen LogP contribution < -0.4 is 10.2 Å². The van der Waals surface area contributed by atoms with Gasteiger partial charge in [-0.3, -0.25) is 19.8 Å². The van der Waals surface area contributed by atoms with Crippen LogP contribution in [0.15, 0.2) is 24.8 Å². The fraction of sp³-hybridized carbons (Fsp3) is 0.455. The third kappa shape index (κ3) is 3.93. The van der Waals surface area contributed by atoms with E-state index in [9.17, 15) is 4.79 Å². The van der Waals surface area contributed by atoms with Gasteiger partial charge in [0.15, 0.2) is 17.5 Å². The summed E-state index contributed by atoms with van der Waals surface area (Å²) in [5.41, 5.74) is 3.20. The molecule has 10 nitrogen and oxygen atoms in total. The van der Waals surface area contributed by atoms with Crippen molar-refractivity contribution in [2.24, 2.45) is 5.92 Å². The van der Waals surface area contributed by atoms with E-state index in [-0.39, 0.29) is 12.5 Å². The van der Waals surface area contributed by atoms with Crippen LogP contribution in [0.1, 0.15) is 31.2 Å². The number of carbonyl (C=O) groups excluding carboxylic acids is 1. The van der Waals surface area contributed by atoms with Gasteiger partial charge in [0.2, 0.25) is 5.91 Å². The van der Waals surface area contributed by atoms with Crippen molar-refractivity contribution in [2.75, 3.05) is 30.4 Å². The van der Waals surface area contributed by atoms with Gasteiger partial charge in [-0.05, 0) is 50.2 Å². The van der Waals surface area contributed by atoms with Crippen LogP contribution in [0.4, 0.5) is 11.6 Å². The molecule has 4 heterocycles. The van der Waals surface area contributed by atoms with Crippen molar-refractivity contribution >= 4 is 17.5 Å². The summed E-state index contributed by atoms with van der Waals surface area (Å²) >= 11 is 0. The van der Waals surface area contributed by atoms with Crippen molar-refractivity contribution < 1.29 is 9.53 Å². The second-order valence-corrected chi connectivity index (χ2v) is 8.37. The monoisotopic (exact) mass is 434 g/mol. The Bertz CT molecular complexity index is 1110. The predicted octanol–water partition coefficient (Wildman–Crippen LogP) is 2.60. The molecule has 0 aromatic carbocycles. The number of amides is 1. The molecule has 2 aliphatic rings. The van der Waals surface area contributed by atoms with E-state index in [1.54, 1.807) is 24.4 Å². The van der Waals surface area contributed by atoms with Crippen LogP contribution in [0.3, 0.4) is 0 Å². The van der Waals surface area contributed by atoms with Crippen molar-refractivity contribution in [3.8, 4) is 22.8 Å². The SMILES string of the molecule is CO[C@H]1CC[C@@H](CN2C(=O)CNc3ncc(-c4cnc(-c5nc[nH]n5)cc4C)nc32)CC1. The van der Waals surface area contributed by atoms with Gasteiger partial charge in [-0.1, -0.05) is 0 Å². The lowest BCUT2D eigenvalue weighted by molar-refractivity contribution is -0.117. The molecule has 5 rings (SSSR count). The summed E-state index contributed by atoms with van der Waals surface area (Å²) in [4.78, 5) is 32.6. The number of rotatable bonds is 5. The van der Waals surface area contributed by atoms with E-state index in [0.717, 1.165) is 36.8 Å². The zero-order chi connectivity index (χ0) is 22.1. The van der Waals surface area contributed by atoms with Gasteiger partial charge in [-0.15, -0.1) is 0 Å². The number of methoxy groups -OCH3 is 1. The van der Waals surface area contributed by atoms with Gasteiger partial charge in [0.1, 0.15) is 12.0 Å². The molecule has 0 saturated heterocycles. The van der Waals surface area contributed by atoms with Gasteiger partial charge in [-0.2, -0.15) is 5.10 Å². The summed E-state index contributed by atoms with van der Waals surface area (Å²) in [5.74, 6) is 2.23. The highest BCUT2D eigenvalue weighted by Crippen LogP contribution is 2.33. The smallest absolute Gasteiger partial charge is 0.247 e. The standard InChI is InChI=1S/C22H26N8O2/c1-13-7-17(20-26-12-27-29-20)23-8-16(13)18-9-24-21-22(28-18)30(19(31)10-25-21)11-14-3-5-15(32-2)6-4-14/h7-9,12,14-15H,3-6,10-11H2,1-2H3,(H,24,25)(H,26,27,29)/t14-,15+. The van der Waals surface area contributed by atoms with Crippen LogP contribution in [0.2, 0.25) is 0 Å². The first-order valence-electron chi connectivity index (χ1n) is 10.9. The highest BCUT2D eigenvalue weighted by Gasteiger charge is 2.31. The fourth-order valence-electron chi connectivity index (χ4n) is 4.47. The average molecular weight is 435 g/mol. The van der Waals surface area contributed by atoms with Gasteiger partial charge in [-0.25, -0.2) is 15.0 Å². The number of fused-ring (bicyclic) bond motifs is 1. The molecule has 1 fully saturated rings. The number of carbonyl (C=O) groups is 1. The molecule has 10 heteroatoms. The average Bonchev–Trinajstić information content (AvgIpc) is 3.36. The molecule has 0 unspecified atom stereocenters. The minimum Gasteiger partial charge on any atom is -0.381 e. The normalized spacial score (nSPS) is 20.7. The van der Waals surface area contributed by atoms with Crippen molar-refractivity contribution in [1.29, 1.82) is 0 Å². The molecule has 1 amide bonds. The van der Waals surface area contributed by atoms with Crippen LogP contribution >= 0.6 is 0 Å². The number of hydrogen-bond acceptors (Lipinski definition) is 8. The summed E-state index contributed by atoms with van der Waals surface area (Å²) in [6.07, 6.45) is 9.48. The summed E-state index contributed by atoms with van der Waals surface area (Å²) in [5, 5.41) is 9.88. The Kier molecular flexibility index (Phi) is 5.52. The zero-order valence-corrected chi connectivity index (χ0v) is 18.2. The number of anilines is 2. The second-order valence-electron chi connectivity index (χ2n) is 8.37. The molecule has 2 N–H and O–H groups in total. The Hall–Kier alpha value is -3.40. The molecular formula is C22H26N8O2. The molecule has 32 heavy (non-hydrogen) atoms. The molecule has 1 saturated carbocycles. The Morgan fingerprint density at radius 1 is 1.12 bits per heavy atom. The van der Waals surface area contributed by atoms with Gasteiger partial charge < -0.3 is 10.1 Å². The lowest BCUT2D eigenvalue weighted by Crippen LogP contribution is -2.44. The lowest BCUT2D eigenvalue weighted by atomic mass is 9.87. The quantitative estimate of drug-likeness (QED) is 0.628. The van der Waals surface area contributed by atoms with E-state index >= 15 is 0 Å². The number of nitrogens with zero attached hydrogens (tertiary/aromatic N) is 6. The molecule has 0 radical (unpaired) electrons. The van der Waals surface area contributed by atoms with Crippen molar-refractivity contribution in [2.45, 2.75) is 38.7 Å². The largest absolute Gasteiger partial charge is 0.381 e. The van der Waals surface area contributed by atoms with E-state index in [0.29, 0.717) is 47.4 Å². The Balaban J connectivity index is 1.42. The minimum atomic E-state index is 0.0209. The first kappa shape index (κ1) is 20.5. The number of aromatic amines is 1. The van der Waals surface area contributed by atoms with Gasteiger partial charge in [0.25, 0.3) is 0 Å². The molecule has 3 aromatic heterocycles. The van der Waals surface area contributed by atoms with E-state index in [2.05, 4.69) is 30.5 Å². The highest BCUT2D eigenvalue weighted by atomic mass is 16.5. The first-order chi connectivity index (χ1) is 15.6. The molecule has 0 atom stereocenters. The Labute approximate surface area is 185 Å². The van der Waals surface area contributed by atoms with E-state index in [1.165, 1.54) is 6.33 Å². The lowest BCUT2D eigenvalue weighted by Gasteiger charge is -2.34. The topological polar surface area (TPSA) is 122 Å². The number of pyridine rings is 1. The number of ether oxygens (including phenoxy) is 1. The summed E-state index contributed by atoms with van der Waals surface area (Å²) < 4.78 is 5.49. The number of nitrogens with one attached hydrogen (secondary N) is 2. The van der Waals surface area contributed by atoms with E-state index in [1.807, 2.05) is 13.0 Å². The third-order valence-corrected chi connectivity index (χ3v) is 6.32. The Morgan fingerprint density at radius 3 is 2.69 bits per heavy atom. The molecule has 0 bridgehead atoms. The van der Waals surface area contributed by atoms with Gasteiger partial charge in [0.05, 0.1) is 24.5 Å². The van der Waals surface area contributed by atoms with Crippen molar-refractivity contribution in [3.63, 3.8) is 0 Å². The summed E-state index contributed by atoms with van der Waals surface area (Å²) in [6.45, 7) is 2.88. The van der Waals surface area contributed by atoms with Crippen LogP contribution in [0.5, 0.6) is 0 Å². The first-order valence-corrected chi connectivity index (χ1v) is 10.9.